The highest BCUT2D eigenvalue weighted by molar-refractivity contribution is 5.88. The Morgan fingerprint density at radius 1 is 1.53 bits per heavy atom. The molecular formula is C13H16FNO2. The third-order valence-electron chi connectivity index (χ3n) is 3.43. The topological polar surface area (TPSA) is 49.3 Å². The van der Waals surface area contributed by atoms with Crippen LogP contribution >= 0.6 is 0 Å². The number of nitrogens with one attached hydrogen (secondary N) is 1. The molecule has 1 aliphatic heterocycles. The largest absolute Gasteiger partial charge is 0.478 e. The summed E-state index contributed by atoms with van der Waals surface area (Å²) < 4.78 is 13.3. The van der Waals surface area contributed by atoms with Gasteiger partial charge in [0.15, 0.2) is 0 Å². The van der Waals surface area contributed by atoms with E-state index in [0.29, 0.717) is 11.8 Å². The van der Waals surface area contributed by atoms with Gasteiger partial charge in [0.1, 0.15) is 5.82 Å². The van der Waals surface area contributed by atoms with E-state index in [2.05, 4.69) is 12.2 Å². The highest BCUT2D eigenvalue weighted by atomic mass is 19.1. The van der Waals surface area contributed by atoms with Crippen molar-refractivity contribution in [3.63, 3.8) is 0 Å². The SMILES string of the molecule is C[C@@H]1CNCC[C@@H]1c1ccc(F)c(C(=O)O)c1. The van der Waals surface area contributed by atoms with Crippen LogP contribution in [0.5, 0.6) is 0 Å². The van der Waals surface area contributed by atoms with Crippen molar-refractivity contribution >= 4 is 5.97 Å². The quantitative estimate of drug-likeness (QED) is 0.829. The zero-order valence-electron chi connectivity index (χ0n) is 9.74. The molecule has 4 heteroatoms. The maximum absolute atomic E-state index is 13.3. The van der Waals surface area contributed by atoms with Crippen molar-refractivity contribution in [1.29, 1.82) is 0 Å². The first-order valence-electron chi connectivity index (χ1n) is 5.83. The van der Waals surface area contributed by atoms with Crippen molar-refractivity contribution in [3.8, 4) is 0 Å². The van der Waals surface area contributed by atoms with Gasteiger partial charge in [-0.05, 0) is 49.0 Å². The fraction of sp³-hybridized carbons (Fsp3) is 0.462. The first kappa shape index (κ1) is 12.0. The van der Waals surface area contributed by atoms with Crippen molar-refractivity contribution in [2.24, 2.45) is 5.92 Å². The molecule has 0 radical (unpaired) electrons. The number of carbonyl (C=O) groups is 1. The molecule has 17 heavy (non-hydrogen) atoms. The van der Waals surface area contributed by atoms with Gasteiger partial charge in [0.05, 0.1) is 5.56 Å². The summed E-state index contributed by atoms with van der Waals surface area (Å²) in [5.74, 6) is -1.11. The van der Waals surface area contributed by atoms with E-state index in [1.165, 1.54) is 12.1 Å². The maximum Gasteiger partial charge on any atom is 0.338 e. The third-order valence-corrected chi connectivity index (χ3v) is 3.43. The molecule has 1 heterocycles. The predicted molar refractivity (Wildman–Crippen MR) is 62.8 cm³/mol. The minimum atomic E-state index is -1.20. The molecule has 1 aliphatic rings. The van der Waals surface area contributed by atoms with E-state index < -0.39 is 11.8 Å². The molecule has 2 atom stereocenters. The monoisotopic (exact) mass is 237 g/mol. The number of halogens is 1. The van der Waals surface area contributed by atoms with Crippen LogP contribution in [0, 0.1) is 11.7 Å². The molecule has 0 aromatic heterocycles. The molecule has 92 valence electrons. The van der Waals surface area contributed by atoms with Crippen LogP contribution in [0.1, 0.15) is 35.2 Å². The standard InChI is InChI=1S/C13H16FNO2/c1-8-7-15-5-4-10(8)9-2-3-12(14)11(6-9)13(16)17/h2-3,6,8,10,15H,4-5,7H2,1H3,(H,16,17)/t8-,10+/m1/s1. The molecule has 1 aromatic rings. The molecule has 0 spiro atoms. The zero-order chi connectivity index (χ0) is 12.4. The van der Waals surface area contributed by atoms with Crippen LogP contribution in [0.25, 0.3) is 0 Å². The Morgan fingerprint density at radius 2 is 2.29 bits per heavy atom. The summed E-state index contributed by atoms with van der Waals surface area (Å²) in [5.41, 5.74) is 0.700. The Balaban J connectivity index is 2.32. The van der Waals surface area contributed by atoms with Gasteiger partial charge in [0.2, 0.25) is 0 Å². The highest BCUT2D eigenvalue weighted by Crippen LogP contribution is 2.30. The summed E-state index contributed by atoms with van der Waals surface area (Å²) >= 11 is 0. The van der Waals surface area contributed by atoms with Crippen LogP contribution in [0.15, 0.2) is 18.2 Å². The molecule has 0 saturated carbocycles. The Hall–Kier alpha value is -1.42. The summed E-state index contributed by atoms with van der Waals surface area (Å²) in [7, 11) is 0. The van der Waals surface area contributed by atoms with Gasteiger partial charge in [-0.3, -0.25) is 0 Å². The maximum atomic E-state index is 13.3. The van der Waals surface area contributed by atoms with Gasteiger partial charge in [-0.1, -0.05) is 13.0 Å². The van der Waals surface area contributed by atoms with Gasteiger partial charge < -0.3 is 10.4 Å². The smallest absolute Gasteiger partial charge is 0.338 e. The minimum absolute atomic E-state index is 0.228. The second-order valence-electron chi connectivity index (χ2n) is 4.62. The number of aromatic carboxylic acids is 1. The van der Waals surface area contributed by atoms with Crippen LogP contribution in [0.2, 0.25) is 0 Å². The van der Waals surface area contributed by atoms with Gasteiger partial charge >= 0.3 is 5.97 Å². The molecule has 1 aromatic carbocycles. The van der Waals surface area contributed by atoms with Crippen LogP contribution in [-0.4, -0.2) is 24.2 Å². The zero-order valence-corrected chi connectivity index (χ0v) is 9.74. The fourth-order valence-electron chi connectivity index (χ4n) is 2.45. The molecule has 0 amide bonds. The van der Waals surface area contributed by atoms with Crippen LogP contribution < -0.4 is 5.32 Å². The van der Waals surface area contributed by atoms with Crippen molar-refractivity contribution < 1.29 is 14.3 Å². The van der Waals surface area contributed by atoms with Crippen LogP contribution in [-0.2, 0) is 0 Å². The van der Waals surface area contributed by atoms with Crippen molar-refractivity contribution in [1.82, 2.24) is 5.32 Å². The van der Waals surface area contributed by atoms with E-state index in [0.717, 1.165) is 25.1 Å². The number of carboxylic acid groups (broad SMARTS) is 1. The van der Waals surface area contributed by atoms with Gasteiger partial charge in [-0.15, -0.1) is 0 Å². The van der Waals surface area contributed by atoms with Gasteiger partial charge in [0, 0.05) is 0 Å². The van der Waals surface area contributed by atoms with Crippen molar-refractivity contribution in [2.75, 3.05) is 13.1 Å². The first-order chi connectivity index (χ1) is 8.09. The van der Waals surface area contributed by atoms with Crippen molar-refractivity contribution in [3.05, 3.63) is 35.1 Å². The molecule has 2 N–H and O–H groups in total. The fourth-order valence-corrected chi connectivity index (χ4v) is 2.45. The lowest BCUT2D eigenvalue weighted by molar-refractivity contribution is 0.0691. The number of piperidine rings is 1. The molecule has 3 nitrogen and oxygen atoms in total. The summed E-state index contributed by atoms with van der Waals surface area (Å²) in [6.45, 7) is 3.97. The lowest BCUT2D eigenvalue weighted by Crippen LogP contribution is -2.33. The number of hydrogen-bond donors (Lipinski definition) is 2. The molecular weight excluding hydrogens is 221 g/mol. The second-order valence-corrected chi connectivity index (χ2v) is 4.62. The van der Waals surface area contributed by atoms with E-state index in [1.807, 2.05) is 0 Å². The number of benzene rings is 1. The molecule has 0 aliphatic carbocycles. The van der Waals surface area contributed by atoms with E-state index in [9.17, 15) is 9.18 Å². The third kappa shape index (κ3) is 2.47. The lowest BCUT2D eigenvalue weighted by atomic mass is 9.82. The normalized spacial score (nSPS) is 24.6. The number of hydrogen-bond acceptors (Lipinski definition) is 2. The molecule has 0 unspecified atom stereocenters. The summed E-state index contributed by atoms with van der Waals surface area (Å²) in [5, 5.41) is 12.2. The Kier molecular flexibility index (Phi) is 3.43. The number of rotatable bonds is 2. The minimum Gasteiger partial charge on any atom is -0.478 e. The second kappa shape index (κ2) is 4.84. The predicted octanol–water partition coefficient (Wildman–Crippen LogP) is 2.24. The lowest BCUT2D eigenvalue weighted by Gasteiger charge is -2.30. The first-order valence-corrected chi connectivity index (χ1v) is 5.83. The van der Waals surface area contributed by atoms with Gasteiger partial charge in [-0.25, -0.2) is 9.18 Å². The molecule has 0 bridgehead atoms. The van der Waals surface area contributed by atoms with Crippen molar-refractivity contribution in [2.45, 2.75) is 19.3 Å². The Bertz CT molecular complexity index is 433. The summed E-state index contributed by atoms with van der Waals surface area (Å²) in [6, 6.07) is 4.44. The summed E-state index contributed by atoms with van der Waals surface area (Å²) in [6.07, 6.45) is 0.964. The molecule has 2 rings (SSSR count). The average Bonchev–Trinajstić information content (AvgIpc) is 2.30. The van der Waals surface area contributed by atoms with E-state index >= 15 is 0 Å². The Labute approximate surface area is 99.7 Å². The van der Waals surface area contributed by atoms with Gasteiger partial charge in [0.25, 0.3) is 0 Å². The average molecular weight is 237 g/mol. The number of carboxylic acids is 1. The highest BCUT2D eigenvalue weighted by Gasteiger charge is 2.24. The molecule has 1 fully saturated rings. The van der Waals surface area contributed by atoms with Crippen LogP contribution in [0.3, 0.4) is 0 Å². The van der Waals surface area contributed by atoms with Crippen LogP contribution in [0.4, 0.5) is 4.39 Å². The van der Waals surface area contributed by atoms with Gasteiger partial charge in [-0.2, -0.15) is 0 Å². The van der Waals surface area contributed by atoms with E-state index in [1.54, 1.807) is 6.07 Å². The van der Waals surface area contributed by atoms with E-state index in [4.69, 9.17) is 5.11 Å². The Morgan fingerprint density at radius 3 is 2.94 bits per heavy atom. The molecule has 1 saturated heterocycles. The summed E-state index contributed by atoms with van der Waals surface area (Å²) in [4.78, 5) is 10.9. The van der Waals surface area contributed by atoms with E-state index in [-0.39, 0.29) is 5.56 Å².